The van der Waals surface area contributed by atoms with Gasteiger partial charge in [-0.2, -0.15) is 4.98 Å². The highest BCUT2D eigenvalue weighted by Crippen LogP contribution is 2.36. The van der Waals surface area contributed by atoms with Gasteiger partial charge in [0, 0.05) is 58.6 Å². The maximum atomic E-state index is 13.0. The number of rotatable bonds is 18. The van der Waals surface area contributed by atoms with Crippen molar-refractivity contribution in [1.82, 2.24) is 40.9 Å². The number of nitrogens with two attached hydrogens (primary N) is 1. The highest BCUT2D eigenvalue weighted by Gasteiger charge is 2.25. The first-order chi connectivity index (χ1) is 27.9. The first kappa shape index (κ1) is 41.3. The molecule has 9 N–H and O–H groups in total. The van der Waals surface area contributed by atoms with E-state index in [1.807, 2.05) is 0 Å². The molecule has 3 atom stereocenters. The van der Waals surface area contributed by atoms with Gasteiger partial charge in [0.25, 0.3) is 17.4 Å². The van der Waals surface area contributed by atoms with E-state index in [1.165, 1.54) is 29.1 Å². The summed E-state index contributed by atoms with van der Waals surface area (Å²) in [5.74, 6) is -4.44. The van der Waals surface area contributed by atoms with Crippen LogP contribution in [-0.4, -0.2) is 102 Å². The summed E-state index contributed by atoms with van der Waals surface area (Å²) in [6.07, 6.45) is 4.20. The van der Waals surface area contributed by atoms with Gasteiger partial charge in [-0.1, -0.05) is 27.7 Å². The van der Waals surface area contributed by atoms with Crippen LogP contribution in [0.5, 0.6) is 0 Å². The third-order valence-electron chi connectivity index (χ3n) is 8.88. The Labute approximate surface area is 337 Å². The smallest absolute Gasteiger partial charge is 0.327 e. The average molecular weight is 831 g/mol. The second-order valence-electron chi connectivity index (χ2n) is 13.0. The molecule has 3 aromatic heterocycles. The number of pyridine rings is 1. The second kappa shape index (κ2) is 19.2. The number of nitrogen functional groups attached to an aromatic ring is 1. The van der Waals surface area contributed by atoms with Gasteiger partial charge in [0.2, 0.25) is 11.9 Å². The summed E-state index contributed by atoms with van der Waals surface area (Å²) >= 11 is 0. The lowest BCUT2D eigenvalue weighted by atomic mass is 10.1. The number of aliphatic carboxylic acids is 2. The number of carbonyl (C=O) groups excluding carboxylic acids is 3. The van der Waals surface area contributed by atoms with Gasteiger partial charge >= 0.3 is 11.9 Å². The van der Waals surface area contributed by atoms with Gasteiger partial charge in [0.1, 0.15) is 12.1 Å². The van der Waals surface area contributed by atoms with Crippen molar-refractivity contribution in [3.63, 3.8) is 0 Å². The van der Waals surface area contributed by atoms with Gasteiger partial charge in [0.05, 0.1) is 30.1 Å². The maximum Gasteiger partial charge on any atom is 0.327 e. The van der Waals surface area contributed by atoms with Crippen LogP contribution in [-0.2, 0) is 25.7 Å². The lowest BCUT2D eigenvalue weighted by Gasteiger charge is -2.17. The van der Waals surface area contributed by atoms with Gasteiger partial charge in [-0.05, 0) is 61.7 Å². The number of fused-ring (bicyclic) bond motifs is 2. The number of H-pyrrole nitrogens is 1. The Kier molecular flexibility index (Phi) is 13.7. The van der Waals surface area contributed by atoms with E-state index >= 15 is 0 Å². The molecule has 1 unspecified atom stereocenters. The number of aromatic amines is 1. The summed E-state index contributed by atoms with van der Waals surface area (Å²) in [4.78, 5) is 94.6. The van der Waals surface area contributed by atoms with Crippen LogP contribution < -0.4 is 32.6 Å². The Morgan fingerprint density at radius 3 is 2.48 bits per heavy atom. The molecule has 1 aliphatic rings. The van der Waals surface area contributed by atoms with Gasteiger partial charge in [0.15, 0.2) is 11.2 Å². The average Bonchev–Trinajstić information content (AvgIpc) is 3.74. The summed E-state index contributed by atoms with van der Waals surface area (Å²) in [7, 11) is 2.41. The van der Waals surface area contributed by atoms with E-state index in [0.29, 0.717) is 45.9 Å². The Balaban J connectivity index is 0.967. The highest BCUT2D eigenvalue weighted by atomic mass is 33.1. The molecule has 0 bridgehead atoms. The predicted molar refractivity (Wildman–Crippen MR) is 215 cm³/mol. The van der Waals surface area contributed by atoms with Crippen molar-refractivity contribution in [3.8, 4) is 0 Å². The summed E-state index contributed by atoms with van der Waals surface area (Å²) in [5, 5.41) is 31.0. The van der Waals surface area contributed by atoms with Crippen LogP contribution >= 0.6 is 21.6 Å². The van der Waals surface area contributed by atoms with Gasteiger partial charge in [-0.15, -0.1) is 0 Å². The first-order valence-corrected chi connectivity index (χ1v) is 20.2. The second-order valence-corrected chi connectivity index (χ2v) is 15.4. The molecule has 21 heteroatoms. The number of carboxylic acids is 2. The van der Waals surface area contributed by atoms with Crippen molar-refractivity contribution in [1.29, 1.82) is 0 Å². The molecular weight excluding hydrogens is 793 g/mol. The molecule has 4 heterocycles. The van der Waals surface area contributed by atoms with E-state index in [9.17, 15) is 39.0 Å². The summed E-state index contributed by atoms with van der Waals surface area (Å²) in [5.41, 5.74) is 7.34. The van der Waals surface area contributed by atoms with Gasteiger partial charge < -0.3 is 42.0 Å². The number of aromatic nitrogens is 5. The zero-order valence-corrected chi connectivity index (χ0v) is 32.2. The van der Waals surface area contributed by atoms with Crippen molar-refractivity contribution in [3.05, 3.63) is 88.1 Å². The number of benzene rings is 2. The number of carboxylic acid groups (broad SMARTS) is 2. The molecule has 0 spiro atoms. The molecule has 1 aliphatic heterocycles. The largest absolute Gasteiger partial charge is 0.480 e. The van der Waals surface area contributed by atoms with Crippen LogP contribution in [0.15, 0.2) is 70.6 Å². The number of carbonyl (C=O) groups is 5. The first-order valence-electron chi connectivity index (χ1n) is 17.9. The van der Waals surface area contributed by atoms with Crippen molar-refractivity contribution in [2.24, 2.45) is 0 Å². The fourth-order valence-corrected chi connectivity index (χ4v) is 8.21. The van der Waals surface area contributed by atoms with Crippen molar-refractivity contribution in [2.45, 2.75) is 55.3 Å². The topological polar surface area (TPSA) is 294 Å². The van der Waals surface area contributed by atoms with E-state index in [2.05, 4.69) is 46.2 Å². The van der Waals surface area contributed by atoms with Gasteiger partial charge in [-0.25, -0.2) is 19.6 Å². The van der Waals surface area contributed by atoms with E-state index in [4.69, 9.17) is 10.5 Å². The predicted octanol–water partition coefficient (Wildman–Crippen LogP) is 2.34. The highest BCUT2D eigenvalue weighted by molar-refractivity contribution is 8.76. The minimum absolute atomic E-state index is 0.0106. The molecular formula is C37H38N10O9S2. The Hall–Kier alpha value is -6.32. The molecule has 58 heavy (non-hydrogen) atoms. The molecule has 0 radical (unpaired) electrons. The molecule has 6 rings (SSSR count). The summed E-state index contributed by atoms with van der Waals surface area (Å²) < 4.78 is 5.59. The van der Waals surface area contributed by atoms with Crippen molar-refractivity contribution >= 4 is 85.0 Å². The Morgan fingerprint density at radius 1 is 0.948 bits per heavy atom. The fraction of sp³-hybridized carbons (Fsp3) is 0.297. The number of hydrogen-bond donors (Lipinski definition) is 8. The molecule has 0 aliphatic carbocycles. The number of anilines is 2. The standard InChI is InChI=1S/C37H38N10O9S2/c38-37-46-31-30(34(51)47-37)43-21(16-41-31)15-40-20-7-5-19(6-8-20)32(49)45-25(35(52)53)10-12-28(48)44-26(36(54)55)18-57-58-27-11-9-24(23-4-1-13-39-29(23)27)33(50)42-17-22-3-2-14-56-22/h1,4-9,11,13,16,22,25-26,40H,2-3,10,12,14-15,17-18H2,(H,42,50)(H,44,48)(H,45,49)(H,52,53)(H,54,55)(H3,38,41,46,47,51)/t22?,25-,26-/m0/s1. The quantitative estimate of drug-likeness (QED) is 0.0588. The summed E-state index contributed by atoms with van der Waals surface area (Å²) in [6, 6.07) is 10.3. The van der Waals surface area contributed by atoms with Crippen LogP contribution in [0.3, 0.4) is 0 Å². The minimum atomic E-state index is -1.44. The lowest BCUT2D eigenvalue weighted by Crippen LogP contribution is -2.44. The zero-order chi connectivity index (χ0) is 41.2. The minimum Gasteiger partial charge on any atom is -0.480 e. The number of ether oxygens (including phenoxy) is 1. The normalized spacial score (nSPS) is 14.7. The third-order valence-corrected chi connectivity index (χ3v) is 11.3. The number of nitrogens with zero attached hydrogens (tertiary/aromatic N) is 4. The zero-order valence-electron chi connectivity index (χ0n) is 30.6. The molecule has 1 saturated heterocycles. The number of hydrogen-bond acceptors (Lipinski definition) is 15. The number of amides is 3. The third kappa shape index (κ3) is 10.7. The number of nitrogens with one attached hydrogen (secondary N) is 5. The van der Waals surface area contributed by atoms with Crippen molar-refractivity contribution < 1.29 is 38.9 Å². The van der Waals surface area contributed by atoms with Crippen molar-refractivity contribution in [2.75, 3.05) is 30.0 Å². The van der Waals surface area contributed by atoms with Crippen LogP contribution in [0.2, 0.25) is 0 Å². The van der Waals surface area contributed by atoms with Crippen LogP contribution in [0.4, 0.5) is 11.6 Å². The van der Waals surface area contributed by atoms with E-state index in [-0.39, 0.29) is 59.8 Å². The molecule has 3 amide bonds. The molecule has 2 aromatic carbocycles. The molecule has 19 nitrogen and oxygen atoms in total. The van der Waals surface area contributed by atoms with E-state index < -0.39 is 41.4 Å². The van der Waals surface area contributed by atoms with Crippen LogP contribution in [0, 0.1) is 0 Å². The lowest BCUT2D eigenvalue weighted by molar-refractivity contribution is -0.142. The van der Waals surface area contributed by atoms with Crippen LogP contribution in [0.1, 0.15) is 52.1 Å². The van der Waals surface area contributed by atoms with E-state index in [1.54, 1.807) is 42.6 Å². The monoisotopic (exact) mass is 830 g/mol. The Morgan fingerprint density at radius 2 is 1.74 bits per heavy atom. The molecule has 1 fully saturated rings. The van der Waals surface area contributed by atoms with Crippen LogP contribution in [0.25, 0.3) is 22.1 Å². The maximum absolute atomic E-state index is 13.0. The molecule has 302 valence electrons. The summed E-state index contributed by atoms with van der Waals surface area (Å²) in [6.45, 7) is 1.27. The Bertz CT molecular complexity index is 2390. The van der Waals surface area contributed by atoms with Gasteiger partial charge in [-0.3, -0.25) is 29.1 Å². The van der Waals surface area contributed by atoms with E-state index in [0.717, 1.165) is 23.6 Å². The molecule has 0 saturated carbocycles. The SMILES string of the molecule is Nc1nc2ncc(CNc3ccc(C(=O)N[C@@H](CCC(=O)N[C@@H](CSSc4ccc(C(=O)NCC5CCCO5)c5cccnc45)C(=O)O)C(=O)O)cc3)nc2c(=O)[nH]1. The molecule has 5 aromatic rings. The fourth-order valence-electron chi connectivity index (χ4n) is 5.89.